The van der Waals surface area contributed by atoms with Crippen LogP contribution in [0.15, 0.2) is 10.9 Å². The van der Waals surface area contributed by atoms with E-state index in [0.717, 1.165) is 47.5 Å². The molecule has 0 radical (unpaired) electrons. The summed E-state index contributed by atoms with van der Waals surface area (Å²) in [6.45, 7) is 0.244. The number of fused-ring (bicyclic) bond motifs is 1. The Bertz CT molecular complexity index is 742. The Hall–Kier alpha value is -1.74. The molecule has 1 aromatic rings. The first-order chi connectivity index (χ1) is 10.8. The molecular weight excluding hydrogens is 320 g/mol. The monoisotopic (exact) mass is 342 g/mol. The lowest BCUT2D eigenvalue weighted by molar-refractivity contribution is -0.121. The molecule has 0 unspecified atom stereocenters. The molecule has 1 aliphatic rings. The first kappa shape index (κ1) is 17.6. The molecule has 0 saturated heterocycles. The lowest BCUT2D eigenvalue weighted by Crippen LogP contribution is -2.40. The maximum atomic E-state index is 12.0. The predicted octanol–water partition coefficient (Wildman–Crippen LogP) is -0.870. The Morgan fingerprint density at radius 3 is 2.78 bits per heavy atom. The van der Waals surface area contributed by atoms with Crippen molar-refractivity contribution in [2.24, 2.45) is 0 Å². The summed E-state index contributed by atoms with van der Waals surface area (Å²) in [5, 5.41) is 6.95. The topological polar surface area (TPSA) is 101 Å². The number of likely N-dealkylation sites (N-methyl/N-ethyl adjacent to an activating group) is 1. The van der Waals surface area contributed by atoms with E-state index in [2.05, 4.69) is 10.4 Å². The van der Waals surface area contributed by atoms with Crippen molar-refractivity contribution in [3.8, 4) is 0 Å². The van der Waals surface area contributed by atoms with Crippen molar-refractivity contribution in [2.75, 3.05) is 26.4 Å². The lowest BCUT2D eigenvalue weighted by atomic mass is 9.97. The summed E-state index contributed by atoms with van der Waals surface area (Å²) in [6, 6.07) is 1.63. The molecule has 8 nitrogen and oxygen atoms in total. The quantitative estimate of drug-likeness (QED) is 0.724. The van der Waals surface area contributed by atoms with Gasteiger partial charge < -0.3 is 5.32 Å². The lowest BCUT2D eigenvalue weighted by Gasteiger charge is -2.16. The van der Waals surface area contributed by atoms with Crippen LogP contribution in [0.5, 0.6) is 0 Å². The van der Waals surface area contributed by atoms with E-state index in [9.17, 15) is 18.0 Å². The van der Waals surface area contributed by atoms with E-state index in [-0.39, 0.29) is 25.2 Å². The third-order valence-electron chi connectivity index (χ3n) is 3.85. The summed E-state index contributed by atoms with van der Waals surface area (Å²) in [6.07, 6.45) is 4.97. The second-order valence-corrected chi connectivity index (χ2v) is 7.84. The van der Waals surface area contributed by atoms with Crippen molar-refractivity contribution >= 4 is 15.9 Å². The maximum absolute atomic E-state index is 12.0. The van der Waals surface area contributed by atoms with Gasteiger partial charge in [-0.05, 0) is 31.2 Å². The van der Waals surface area contributed by atoms with Crippen molar-refractivity contribution < 1.29 is 13.2 Å². The van der Waals surface area contributed by atoms with Gasteiger partial charge in [-0.2, -0.15) is 9.40 Å². The highest BCUT2D eigenvalue weighted by atomic mass is 32.2. The van der Waals surface area contributed by atoms with Crippen LogP contribution < -0.4 is 10.9 Å². The Balaban J connectivity index is 1.89. The molecule has 2 rings (SSSR count). The molecule has 1 heterocycles. The highest BCUT2D eigenvalue weighted by molar-refractivity contribution is 7.88. The Labute approximate surface area is 135 Å². The fourth-order valence-electron chi connectivity index (χ4n) is 2.44. The molecule has 23 heavy (non-hydrogen) atoms. The number of carbonyl (C=O) groups is 1. The Morgan fingerprint density at radius 2 is 2.09 bits per heavy atom. The maximum Gasteiger partial charge on any atom is 0.267 e. The minimum absolute atomic E-state index is 0.173. The third-order valence-corrected chi connectivity index (χ3v) is 5.11. The van der Waals surface area contributed by atoms with Gasteiger partial charge in [-0.25, -0.2) is 13.1 Å². The molecule has 128 valence electrons. The average Bonchev–Trinajstić information content (AvgIpc) is 2.46. The van der Waals surface area contributed by atoms with Crippen molar-refractivity contribution in [2.45, 2.75) is 32.2 Å². The average molecular weight is 342 g/mol. The van der Waals surface area contributed by atoms with Gasteiger partial charge in [0.05, 0.1) is 25.0 Å². The number of aromatic nitrogens is 2. The van der Waals surface area contributed by atoms with Crippen LogP contribution in [0.3, 0.4) is 0 Å². The van der Waals surface area contributed by atoms with Crippen LogP contribution in [0.25, 0.3) is 0 Å². The van der Waals surface area contributed by atoms with Crippen LogP contribution in [-0.2, 0) is 34.2 Å². The number of amides is 1. The SMILES string of the molecule is CN(CC(=O)NCCn1nc2c(cc1=O)CCCC2)S(C)(=O)=O. The first-order valence-electron chi connectivity index (χ1n) is 7.55. The van der Waals surface area contributed by atoms with E-state index in [1.165, 1.54) is 11.7 Å². The van der Waals surface area contributed by atoms with Gasteiger partial charge in [-0.1, -0.05) is 0 Å². The molecule has 0 aliphatic heterocycles. The largest absolute Gasteiger partial charge is 0.353 e. The minimum atomic E-state index is -3.39. The van der Waals surface area contributed by atoms with Crippen LogP contribution in [0, 0.1) is 0 Å². The van der Waals surface area contributed by atoms with Crippen LogP contribution in [0.4, 0.5) is 0 Å². The van der Waals surface area contributed by atoms with E-state index in [1.54, 1.807) is 6.07 Å². The second-order valence-electron chi connectivity index (χ2n) is 5.75. The molecule has 0 aromatic carbocycles. The number of nitrogens with zero attached hydrogens (tertiary/aromatic N) is 3. The molecule has 0 fully saturated rings. The standard InChI is InChI=1S/C14H22N4O4S/c1-17(23(2,21)22)10-13(19)15-7-8-18-14(20)9-11-5-3-4-6-12(11)16-18/h9H,3-8,10H2,1-2H3,(H,15,19). The van der Waals surface area contributed by atoms with Gasteiger partial charge >= 0.3 is 0 Å². The number of hydrogen-bond donors (Lipinski definition) is 1. The molecule has 9 heteroatoms. The number of rotatable bonds is 6. The van der Waals surface area contributed by atoms with Gasteiger partial charge in [0.1, 0.15) is 0 Å². The van der Waals surface area contributed by atoms with Gasteiger partial charge in [0.25, 0.3) is 5.56 Å². The normalized spacial score (nSPS) is 14.6. The van der Waals surface area contributed by atoms with Gasteiger partial charge in [0, 0.05) is 19.7 Å². The molecule has 0 spiro atoms. The fraction of sp³-hybridized carbons (Fsp3) is 0.643. The molecule has 0 bridgehead atoms. The highest BCUT2D eigenvalue weighted by Gasteiger charge is 2.15. The van der Waals surface area contributed by atoms with E-state index in [0.29, 0.717) is 0 Å². The summed E-state index contributed by atoms with van der Waals surface area (Å²) in [4.78, 5) is 23.7. The van der Waals surface area contributed by atoms with Crippen molar-refractivity contribution in [1.29, 1.82) is 0 Å². The fourth-order valence-corrected chi connectivity index (χ4v) is 2.79. The Kier molecular flexibility index (Phi) is 5.53. The zero-order chi connectivity index (χ0) is 17.0. The van der Waals surface area contributed by atoms with Crippen molar-refractivity contribution in [3.05, 3.63) is 27.7 Å². The zero-order valence-corrected chi connectivity index (χ0v) is 14.2. The zero-order valence-electron chi connectivity index (χ0n) is 13.4. The number of aryl methyl sites for hydroxylation is 2. The molecule has 0 saturated carbocycles. The number of sulfonamides is 1. The smallest absolute Gasteiger partial charge is 0.267 e. The summed E-state index contributed by atoms with van der Waals surface area (Å²) in [7, 11) is -2.05. The van der Waals surface area contributed by atoms with Gasteiger partial charge in [-0.3, -0.25) is 9.59 Å². The summed E-state index contributed by atoms with van der Waals surface area (Å²) < 4.78 is 24.8. The van der Waals surface area contributed by atoms with Crippen LogP contribution in [0.1, 0.15) is 24.1 Å². The van der Waals surface area contributed by atoms with Crippen molar-refractivity contribution in [1.82, 2.24) is 19.4 Å². The molecule has 1 amide bonds. The minimum Gasteiger partial charge on any atom is -0.353 e. The first-order valence-corrected chi connectivity index (χ1v) is 9.40. The summed E-state index contributed by atoms with van der Waals surface area (Å²) in [5.41, 5.74) is 1.81. The second kappa shape index (κ2) is 7.22. The molecule has 1 N–H and O–H groups in total. The third kappa shape index (κ3) is 4.87. The van der Waals surface area contributed by atoms with E-state index >= 15 is 0 Å². The van der Waals surface area contributed by atoms with Crippen LogP contribution in [-0.4, -0.2) is 54.8 Å². The molecular formula is C14H22N4O4S. The van der Waals surface area contributed by atoms with E-state index in [1.807, 2.05) is 0 Å². The number of hydrogen-bond acceptors (Lipinski definition) is 5. The Morgan fingerprint density at radius 1 is 1.39 bits per heavy atom. The highest BCUT2D eigenvalue weighted by Crippen LogP contribution is 2.16. The van der Waals surface area contributed by atoms with Gasteiger partial charge in [0.15, 0.2) is 0 Å². The van der Waals surface area contributed by atoms with Gasteiger partial charge in [0.2, 0.25) is 15.9 Å². The van der Waals surface area contributed by atoms with Crippen LogP contribution >= 0.6 is 0 Å². The molecule has 1 aromatic heterocycles. The predicted molar refractivity (Wildman–Crippen MR) is 85.6 cm³/mol. The number of carbonyl (C=O) groups excluding carboxylic acids is 1. The van der Waals surface area contributed by atoms with E-state index in [4.69, 9.17) is 0 Å². The number of nitrogens with one attached hydrogen (secondary N) is 1. The summed E-state index contributed by atoms with van der Waals surface area (Å²) >= 11 is 0. The van der Waals surface area contributed by atoms with Crippen LogP contribution in [0.2, 0.25) is 0 Å². The van der Waals surface area contributed by atoms with Crippen molar-refractivity contribution in [3.63, 3.8) is 0 Å². The van der Waals surface area contributed by atoms with E-state index < -0.39 is 15.9 Å². The molecule has 0 atom stereocenters. The molecule has 1 aliphatic carbocycles. The summed E-state index contributed by atoms with van der Waals surface area (Å²) in [5.74, 6) is -0.413. The van der Waals surface area contributed by atoms with Gasteiger partial charge in [-0.15, -0.1) is 0 Å².